The number of H-pyrrole nitrogens is 1. The smallest absolute Gasteiger partial charge is 0.142 e. The number of aromatic nitrogens is 2. The number of aromatic amines is 1. The zero-order chi connectivity index (χ0) is 14.8. The first-order valence-electron chi connectivity index (χ1n) is 7.17. The normalized spacial score (nSPS) is 10.7. The van der Waals surface area contributed by atoms with Crippen molar-refractivity contribution in [3.63, 3.8) is 0 Å². The van der Waals surface area contributed by atoms with E-state index in [-0.39, 0.29) is 0 Å². The largest absolute Gasteiger partial charge is 0.457 e. The molecule has 0 saturated heterocycles. The van der Waals surface area contributed by atoms with Gasteiger partial charge < -0.3 is 9.72 Å². The van der Waals surface area contributed by atoms with Crippen LogP contribution in [0.2, 0.25) is 0 Å². The first kappa shape index (κ1) is 12.7. The average molecular weight is 286 g/mol. The topological polar surface area (TPSA) is 37.9 Å². The van der Waals surface area contributed by atoms with E-state index in [0.29, 0.717) is 0 Å². The van der Waals surface area contributed by atoms with Crippen LogP contribution < -0.4 is 4.74 Å². The zero-order valence-corrected chi connectivity index (χ0v) is 11.9. The monoisotopic (exact) mass is 286 g/mol. The fourth-order valence-electron chi connectivity index (χ4n) is 2.45. The van der Waals surface area contributed by atoms with Crippen LogP contribution in [0, 0.1) is 0 Å². The molecule has 0 saturated carbocycles. The molecule has 0 unspecified atom stereocenters. The summed E-state index contributed by atoms with van der Waals surface area (Å²) in [7, 11) is 0. The van der Waals surface area contributed by atoms with Crippen molar-refractivity contribution < 1.29 is 4.74 Å². The van der Waals surface area contributed by atoms with E-state index in [4.69, 9.17) is 4.74 Å². The molecular formula is C19H14N2O. The molecule has 0 radical (unpaired) electrons. The van der Waals surface area contributed by atoms with Crippen LogP contribution in [0.15, 0.2) is 78.9 Å². The summed E-state index contributed by atoms with van der Waals surface area (Å²) in [6.07, 6.45) is 0. The van der Waals surface area contributed by atoms with Crippen molar-refractivity contribution in [1.29, 1.82) is 0 Å². The summed E-state index contributed by atoms with van der Waals surface area (Å²) in [5.41, 5.74) is 2.92. The molecule has 1 N–H and O–H groups in total. The average Bonchev–Trinajstić information content (AvgIpc) is 3.00. The van der Waals surface area contributed by atoms with E-state index in [1.54, 1.807) is 0 Å². The van der Waals surface area contributed by atoms with Crippen molar-refractivity contribution >= 4 is 11.0 Å². The molecule has 0 aliphatic carbocycles. The molecule has 22 heavy (non-hydrogen) atoms. The summed E-state index contributed by atoms with van der Waals surface area (Å²) in [4.78, 5) is 8.00. The Bertz CT molecular complexity index is 880. The summed E-state index contributed by atoms with van der Waals surface area (Å²) in [5, 5.41) is 0. The maximum absolute atomic E-state index is 6.00. The lowest BCUT2D eigenvalue weighted by Gasteiger charge is -2.09. The highest BCUT2D eigenvalue weighted by Crippen LogP contribution is 2.32. The molecule has 0 fully saturated rings. The molecule has 0 bridgehead atoms. The highest BCUT2D eigenvalue weighted by atomic mass is 16.5. The van der Waals surface area contributed by atoms with Crippen LogP contribution in [0.4, 0.5) is 0 Å². The summed E-state index contributed by atoms with van der Waals surface area (Å²) in [6, 6.07) is 25.7. The molecule has 4 rings (SSSR count). The third-order valence-corrected chi connectivity index (χ3v) is 3.50. The Morgan fingerprint density at radius 1 is 0.727 bits per heavy atom. The number of hydrogen-bond donors (Lipinski definition) is 1. The number of benzene rings is 3. The van der Waals surface area contributed by atoms with E-state index < -0.39 is 0 Å². The maximum Gasteiger partial charge on any atom is 0.142 e. The Morgan fingerprint density at radius 3 is 2.32 bits per heavy atom. The SMILES string of the molecule is c1ccc(Oc2ccccc2-c2nc3ccccc3[nH]2)cc1. The fourth-order valence-corrected chi connectivity index (χ4v) is 2.45. The molecule has 3 aromatic carbocycles. The molecule has 0 aliphatic rings. The van der Waals surface area contributed by atoms with Crippen LogP contribution in [-0.4, -0.2) is 9.97 Å². The van der Waals surface area contributed by atoms with Crippen molar-refractivity contribution in [3.05, 3.63) is 78.9 Å². The second-order valence-corrected chi connectivity index (χ2v) is 5.01. The van der Waals surface area contributed by atoms with Crippen molar-refractivity contribution in [2.75, 3.05) is 0 Å². The summed E-state index contributed by atoms with van der Waals surface area (Å²) >= 11 is 0. The van der Waals surface area contributed by atoms with Gasteiger partial charge in [0, 0.05) is 0 Å². The number of para-hydroxylation sites is 4. The molecule has 1 aromatic heterocycles. The molecule has 106 valence electrons. The molecule has 4 aromatic rings. The van der Waals surface area contributed by atoms with E-state index in [1.165, 1.54) is 0 Å². The fraction of sp³-hybridized carbons (Fsp3) is 0. The van der Waals surface area contributed by atoms with Gasteiger partial charge in [0.05, 0.1) is 16.6 Å². The Balaban J connectivity index is 1.78. The number of imidazole rings is 1. The van der Waals surface area contributed by atoms with Gasteiger partial charge in [-0.25, -0.2) is 4.98 Å². The number of nitrogens with one attached hydrogen (secondary N) is 1. The van der Waals surface area contributed by atoms with Gasteiger partial charge >= 0.3 is 0 Å². The minimum absolute atomic E-state index is 0.785. The van der Waals surface area contributed by atoms with Gasteiger partial charge in [-0.1, -0.05) is 42.5 Å². The third kappa shape index (κ3) is 2.33. The van der Waals surface area contributed by atoms with Crippen LogP contribution in [0.1, 0.15) is 0 Å². The molecule has 0 amide bonds. The van der Waals surface area contributed by atoms with Crippen LogP contribution >= 0.6 is 0 Å². The Morgan fingerprint density at radius 2 is 1.45 bits per heavy atom. The van der Waals surface area contributed by atoms with E-state index in [1.807, 2.05) is 78.9 Å². The van der Waals surface area contributed by atoms with E-state index >= 15 is 0 Å². The second kappa shape index (κ2) is 5.37. The minimum Gasteiger partial charge on any atom is -0.457 e. The van der Waals surface area contributed by atoms with Gasteiger partial charge in [0.25, 0.3) is 0 Å². The van der Waals surface area contributed by atoms with Gasteiger partial charge in [0.1, 0.15) is 17.3 Å². The number of fused-ring (bicyclic) bond motifs is 1. The third-order valence-electron chi connectivity index (χ3n) is 3.50. The Labute approximate surface area is 128 Å². The number of ether oxygens (including phenoxy) is 1. The van der Waals surface area contributed by atoms with Crippen molar-refractivity contribution in [2.45, 2.75) is 0 Å². The Kier molecular flexibility index (Phi) is 3.09. The molecule has 0 aliphatic heterocycles. The van der Waals surface area contributed by atoms with E-state index in [2.05, 4.69) is 9.97 Å². The molecule has 0 spiro atoms. The maximum atomic E-state index is 6.00. The lowest BCUT2D eigenvalue weighted by molar-refractivity contribution is 0.484. The van der Waals surface area contributed by atoms with Crippen LogP contribution in [0.3, 0.4) is 0 Å². The van der Waals surface area contributed by atoms with Gasteiger partial charge in [-0.15, -0.1) is 0 Å². The Hall–Kier alpha value is -3.07. The molecule has 1 heterocycles. The summed E-state index contributed by atoms with van der Waals surface area (Å²) < 4.78 is 6.00. The van der Waals surface area contributed by atoms with Gasteiger partial charge in [0.2, 0.25) is 0 Å². The lowest BCUT2D eigenvalue weighted by atomic mass is 10.2. The number of rotatable bonds is 3. The predicted molar refractivity (Wildman–Crippen MR) is 88.0 cm³/mol. The zero-order valence-electron chi connectivity index (χ0n) is 11.9. The molecule has 3 heteroatoms. The van der Waals surface area contributed by atoms with Crippen LogP contribution in [0.5, 0.6) is 11.5 Å². The highest BCUT2D eigenvalue weighted by molar-refractivity contribution is 5.80. The highest BCUT2D eigenvalue weighted by Gasteiger charge is 2.11. The number of nitrogens with zero attached hydrogens (tertiary/aromatic N) is 1. The second-order valence-electron chi connectivity index (χ2n) is 5.01. The minimum atomic E-state index is 0.785. The van der Waals surface area contributed by atoms with E-state index in [9.17, 15) is 0 Å². The van der Waals surface area contributed by atoms with Gasteiger partial charge in [-0.2, -0.15) is 0 Å². The van der Waals surface area contributed by atoms with Crippen molar-refractivity contribution in [2.24, 2.45) is 0 Å². The van der Waals surface area contributed by atoms with Crippen molar-refractivity contribution in [3.8, 4) is 22.9 Å². The van der Waals surface area contributed by atoms with Crippen LogP contribution in [0.25, 0.3) is 22.4 Å². The van der Waals surface area contributed by atoms with E-state index in [0.717, 1.165) is 33.9 Å². The number of hydrogen-bond acceptors (Lipinski definition) is 2. The molecule has 0 atom stereocenters. The summed E-state index contributed by atoms with van der Waals surface area (Å²) in [6.45, 7) is 0. The van der Waals surface area contributed by atoms with Gasteiger partial charge in [-0.05, 0) is 36.4 Å². The standard InChI is InChI=1S/C19H14N2O/c1-2-8-14(9-3-1)22-18-13-7-4-10-15(18)19-20-16-11-5-6-12-17(16)21-19/h1-13H,(H,20,21). The van der Waals surface area contributed by atoms with Gasteiger partial charge in [-0.3, -0.25) is 0 Å². The lowest BCUT2D eigenvalue weighted by Crippen LogP contribution is -1.89. The van der Waals surface area contributed by atoms with Gasteiger partial charge in [0.15, 0.2) is 0 Å². The first-order chi connectivity index (χ1) is 10.9. The molecule has 3 nitrogen and oxygen atoms in total. The quantitative estimate of drug-likeness (QED) is 0.574. The molecular weight excluding hydrogens is 272 g/mol. The first-order valence-corrected chi connectivity index (χ1v) is 7.17. The summed E-state index contributed by atoms with van der Waals surface area (Å²) in [5.74, 6) is 2.41. The predicted octanol–water partition coefficient (Wildman–Crippen LogP) is 5.02. The van der Waals surface area contributed by atoms with Crippen molar-refractivity contribution in [1.82, 2.24) is 9.97 Å². The van der Waals surface area contributed by atoms with Crippen LogP contribution in [-0.2, 0) is 0 Å².